The lowest BCUT2D eigenvalue weighted by molar-refractivity contribution is -0.128. The molecule has 2 amide bonds. The van der Waals surface area contributed by atoms with Crippen LogP contribution in [0, 0.1) is 5.92 Å². The molecule has 1 aromatic carbocycles. The number of ether oxygens (including phenoxy) is 1. The number of carbonyl (C=O) groups excluding carboxylic acids is 2. The van der Waals surface area contributed by atoms with E-state index < -0.39 is 0 Å². The van der Waals surface area contributed by atoms with E-state index in [9.17, 15) is 9.59 Å². The summed E-state index contributed by atoms with van der Waals surface area (Å²) in [6.07, 6.45) is 9.25. The fraction of sp³-hybridized carbons (Fsp3) is 0.533. The Balaban J connectivity index is 1.28. The minimum absolute atomic E-state index is 0.00976. The van der Waals surface area contributed by atoms with Gasteiger partial charge in [0.1, 0.15) is 12.4 Å². The van der Waals surface area contributed by atoms with E-state index in [1.54, 1.807) is 6.20 Å². The Morgan fingerprint density at radius 3 is 2.51 bits per heavy atom. The Morgan fingerprint density at radius 2 is 1.85 bits per heavy atom. The summed E-state index contributed by atoms with van der Waals surface area (Å²) in [6.45, 7) is 11.6. The summed E-state index contributed by atoms with van der Waals surface area (Å²) in [5.41, 5.74) is 3.29. The molecule has 2 aliphatic heterocycles. The van der Waals surface area contributed by atoms with Crippen molar-refractivity contribution in [1.29, 1.82) is 0 Å². The molecule has 208 valence electrons. The Bertz CT molecular complexity index is 1170. The van der Waals surface area contributed by atoms with Gasteiger partial charge in [0.2, 0.25) is 11.9 Å². The van der Waals surface area contributed by atoms with Crippen LogP contribution in [0.1, 0.15) is 74.7 Å². The highest BCUT2D eigenvalue weighted by molar-refractivity contribution is 5.89. The summed E-state index contributed by atoms with van der Waals surface area (Å²) in [6, 6.07) is 9.26. The van der Waals surface area contributed by atoms with Gasteiger partial charge in [-0.3, -0.25) is 14.6 Å². The van der Waals surface area contributed by atoms with Gasteiger partial charge in [-0.1, -0.05) is 56.5 Å². The monoisotopic (exact) mass is 532 g/mol. The van der Waals surface area contributed by atoms with E-state index in [4.69, 9.17) is 4.74 Å². The number of hydrogen-bond donors (Lipinski definition) is 1. The maximum Gasteiger partial charge on any atom is 0.415 e. The second kappa shape index (κ2) is 12.2. The van der Waals surface area contributed by atoms with Crippen LogP contribution in [-0.4, -0.2) is 64.5 Å². The number of anilines is 2. The molecule has 1 saturated heterocycles. The molecule has 2 atom stereocenters. The number of carbonyl (C=O) groups is 2. The summed E-state index contributed by atoms with van der Waals surface area (Å²) in [4.78, 5) is 39.3. The van der Waals surface area contributed by atoms with Crippen LogP contribution >= 0.6 is 0 Å². The van der Waals surface area contributed by atoms with E-state index in [2.05, 4.69) is 58.0 Å². The number of fused-ring (bicyclic) bond motifs is 1. The minimum atomic E-state index is -0.376. The highest BCUT2D eigenvalue weighted by Crippen LogP contribution is 2.37. The van der Waals surface area contributed by atoms with Crippen LogP contribution in [0.5, 0.6) is 0 Å². The molecule has 9 heteroatoms. The van der Waals surface area contributed by atoms with Crippen LogP contribution in [0.2, 0.25) is 0 Å². The zero-order chi connectivity index (χ0) is 27.4. The van der Waals surface area contributed by atoms with Crippen LogP contribution in [0.4, 0.5) is 16.6 Å². The minimum Gasteiger partial charge on any atom is -0.444 e. The number of benzene rings is 1. The Morgan fingerprint density at radius 1 is 1.15 bits per heavy atom. The molecule has 2 fully saturated rings. The fourth-order valence-corrected chi connectivity index (χ4v) is 6.11. The van der Waals surface area contributed by atoms with E-state index in [0.717, 1.165) is 43.2 Å². The first kappa shape index (κ1) is 27.1. The van der Waals surface area contributed by atoms with E-state index in [1.807, 2.05) is 11.8 Å². The zero-order valence-corrected chi connectivity index (χ0v) is 23.1. The molecule has 9 nitrogen and oxygen atoms in total. The van der Waals surface area contributed by atoms with Crippen LogP contribution in [0.3, 0.4) is 0 Å². The number of nitrogens with zero attached hydrogens (tertiary/aromatic N) is 5. The molecule has 1 aliphatic carbocycles. The van der Waals surface area contributed by atoms with Crippen molar-refractivity contribution in [2.24, 2.45) is 5.92 Å². The third kappa shape index (κ3) is 6.08. The number of amides is 2. The Hall–Kier alpha value is -3.46. The van der Waals surface area contributed by atoms with Crippen LogP contribution in [0.25, 0.3) is 0 Å². The number of rotatable bonds is 9. The van der Waals surface area contributed by atoms with Crippen molar-refractivity contribution in [3.05, 3.63) is 59.8 Å². The summed E-state index contributed by atoms with van der Waals surface area (Å²) >= 11 is 0. The average Bonchev–Trinajstić information content (AvgIpc) is 3.49. The lowest BCUT2D eigenvalue weighted by Crippen LogP contribution is -2.49. The molecule has 1 unspecified atom stereocenters. The van der Waals surface area contributed by atoms with Gasteiger partial charge in [-0.15, -0.1) is 0 Å². The van der Waals surface area contributed by atoms with Crippen molar-refractivity contribution < 1.29 is 14.3 Å². The molecule has 2 aromatic rings. The third-order valence-electron chi connectivity index (χ3n) is 8.42. The topological polar surface area (TPSA) is 90.9 Å². The highest BCUT2D eigenvalue weighted by Gasteiger charge is 2.30. The predicted octanol–water partition coefficient (Wildman–Crippen LogP) is 5.08. The molecule has 3 aliphatic rings. The van der Waals surface area contributed by atoms with Gasteiger partial charge in [-0.25, -0.2) is 9.78 Å². The van der Waals surface area contributed by atoms with Gasteiger partial charge < -0.3 is 15.0 Å². The predicted molar refractivity (Wildman–Crippen MR) is 151 cm³/mol. The first-order chi connectivity index (χ1) is 19.0. The summed E-state index contributed by atoms with van der Waals surface area (Å²) in [7, 11) is 0. The van der Waals surface area contributed by atoms with Crippen molar-refractivity contribution in [3.8, 4) is 0 Å². The van der Waals surface area contributed by atoms with Crippen LogP contribution < -0.4 is 10.2 Å². The second-order valence-corrected chi connectivity index (χ2v) is 10.8. The van der Waals surface area contributed by atoms with Gasteiger partial charge in [0.15, 0.2) is 0 Å². The summed E-state index contributed by atoms with van der Waals surface area (Å²) < 4.78 is 5.20. The first-order valence-corrected chi connectivity index (χ1v) is 14.3. The molecule has 0 radical (unpaired) electrons. The Labute approximate surface area is 231 Å². The number of nitrogens with one attached hydrogen (secondary N) is 1. The first-order valence-electron chi connectivity index (χ1n) is 14.3. The van der Waals surface area contributed by atoms with E-state index in [1.165, 1.54) is 48.6 Å². The molecular formula is C30H40N6O3. The number of piperazine rings is 1. The SMILES string of the molecule is C=CC(=O)N1CCN(C(CC2CCCC2)c2ccc([C@H](C)Nc3ncc4c(n3)N(CC)C(=O)OC4)cc2)CC1. The number of hydrogen-bond acceptors (Lipinski definition) is 7. The van der Waals surface area contributed by atoms with Crippen LogP contribution in [-0.2, 0) is 16.1 Å². The maximum atomic E-state index is 12.1. The molecule has 0 bridgehead atoms. The largest absolute Gasteiger partial charge is 0.444 e. The van der Waals surface area contributed by atoms with Crippen molar-refractivity contribution in [3.63, 3.8) is 0 Å². The Kier molecular flexibility index (Phi) is 8.45. The van der Waals surface area contributed by atoms with Gasteiger partial charge in [0.25, 0.3) is 0 Å². The molecule has 0 spiro atoms. The molecule has 1 N–H and O–H groups in total. The molecule has 39 heavy (non-hydrogen) atoms. The number of cyclic esters (lactones) is 1. The number of aromatic nitrogens is 2. The summed E-state index contributed by atoms with van der Waals surface area (Å²) in [5.74, 6) is 1.89. The van der Waals surface area contributed by atoms with Crippen molar-refractivity contribution in [2.45, 2.75) is 64.6 Å². The lowest BCUT2D eigenvalue weighted by atomic mass is 9.91. The molecule has 1 saturated carbocycles. The average molecular weight is 533 g/mol. The smallest absolute Gasteiger partial charge is 0.415 e. The zero-order valence-electron chi connectivity index (χ0n) is 23.1. The quantitative estimate of drug-likeness (QED) is 0.451. The molecular weight excluding hydrogens is 492 g/mol. The standard InChI is InChI=1S/C30H40N6O3/c1-4-27(37)35-16-14-34(15-17-35)26(18-22-8-6-7-9-22)24-12-10-23(11-13-24)21(3)32-29-31-19-25-20-39-30(38)36(5-2)28(25)33-29/h4,10-13,19,21-22,26H,1,5-9,14-18,20H2,2-3H3,(H,31,32,33)/t21-,26?/m0/s1. The van der Waals surface area contributed by atoms with E-state index in [-0.39, 0.29) is 24.6 Å². The van der Waals surface area contributed by atoms with Gasteiger partial charge in [-0.05, 0) is 43.4 Å². The second-order valence-electron chi connectivity index (χ2n) is 10.8. The molecule has 3 heterocycles. The van der Waals surface area contributed by atoms with Gasteiger partial charge >= 0.3 is 6.09 Å². The van der Waals surface area contributed by atoms with Gasteiger partial charge in [-0.2, -0.15) is 4.98 Å². The lowest BCUT2D eigenvalue weighted by Gasteiger charge is -2.40. The fourth-order valence-electron chi connectivity index (χ4n) is 6.11. The van der Waals surface area contributed by atoms with E-state index in [0.29, 0.717) is 24.4 Å². The van der Waals surface area contributed by atoms with Gasteiger partial charge in [0.05, 0.1) is 11.6 Å². The molecule has 5 rings (SSSR count). The van der Waals surface area contributed by atoms with Crippen molar-refractivity contribution >= 4 is 23.8 Å². The highest BCUT2D eigenvalue weighted by atomic mass is 16.6. The third-order valence-corrected chi connectivity index (χ3v) is 8.42. The van der Waals surface area contributed by atoms with Crippen molar-refractivity contribution in [2.75, 3.05) is 42.9 Å². The molecule has 1 aromatic heterocycles. The van der Waals surface area contributed by atoms with Crippen molar-refractivity contribution in [1.82, 2.24) is 19.8 Å². The van der Waals surface area contributed by atoms with Crippen LogP contribution in [0.15, 0.2) is 43.1 Å². The maximum absolute atomic E-state index is 12.1. The normalized spacial score (nSPS) is 19.8. The summed E-state index contributed by atoms with van der Waals surface area (Å²) in [5, 5.41) is 3.40. The van der Waals surface area contributed by atoms with E-state index >= 15 is 0 Å². The van der Waals surface area contributed by atoms with Gasteiger partial charge in [0, 0.05) is 45.0 Å².